The highest BCUT2D eigenvalue weighted by atomic mass is 35.5. The second kappa shape index (κ2) is 15.3. The van der Waals surface area contributed by atoms with E-state index >= 15 is 0 Å². The van der Waals surface area contributed by atoms with Crippen molar-refractivity contribution < 1.29 is 29.0 Å². The predicted molar refractivity (Wildman–Crippen MR) is 166 cm³/mol. The van der Waals surface area contributed by atoms with Crippen LogP contribution in [0.25, 0.3) is 0 Å². The van der Waals surface area contributed by atoms with Crippen LogP contribution in [-0.2, 0) is 22.6 Å². The van der Waals surface area contributed by atoms with E-state index in [1.807, 2.05) is 44.3 Å². The quantitative estimate of drug-likeness (QED) is 0.352. The van der Waals surface area contributed by atoms with E-state index in [-0.39, 0.29) is 36.5 Å². The summed E-state index contributed by atoms with van der Waals surface area (Å²) in [6, 6.07) is 13.7. The number of halogens is 1. The van der Waals surface area contributed by atoms with Crippen LogP contribution in [0.2, 0.25) is 0 Å². The molecule has 0 unspecified atom stereocenters. The average molecular weight is 615 g/mol. The summed E-state index contributed by atoms with van der Waals surface area (Å²) in [6.45, 7) is 7.18. The van der Waals surface area contributed by atoms with Gasteiger partial charge in [-0.05, 0) is 80.5 Å². The topological polar surface area (TPSA) is 112 Å². The molecule has 0 radical (unpaired) electrons. The largest absolute Gasteiger partial charge is 0.490 e. The number of hydrogen-bond donors (Lipinski definition) is 2. The van der Waals surface area contributed by atoms with Crippen LogP contribution in [-0.4, -0.2) is 84.3 Å². The second-order valence-corrected chi connectivity index (χ2v) is 11.9. The lowest BCUT2D eigenvalue weighted by atomic mass is 9.86. The summed E-state index contributed by atoms with van der Waals surface area (Å²) in [5.41, 5.74) is 4.09. The number of amides is 3. The van der Waals surface area contributed by atoms with Gasteiger partial charge in [0, 0.05) is 57.4 Å². The van der Waals surface area contributed by atoms with Gasteiger partial charge in [0.25, 0.3) is 0 Å². The van der Waals surface area contributed by atoms with Crippen molar-refractivity contribution in [1.29, 1.82) is 0 Å². The van der Waals surface area contributed by atoms with E-state index in [0.717, 1.165) is 54.8 Å². The number of ether oxygens (including phenoxy) is 2. The third-order valence-electron chi connectivity index (χ3n) is 8.37. The van der Waals surface area contributed by atoms with Gasteiger partial charge in [0.1, 0.15) is 12.4 Å². The number of alkyl carbamates (subject to hydrolysis) is 1. The van der Waals surface area contributed by atoms with Gasteiger partial charge in [-0.25, -0.2) is 9.59 Å². The highest BCUT2D eigenvalue weighted by Crippen LogP contribution is 2.31. The molecule has 1 aliphatic heterocycles. The van der Waals surface area contributed by atoms with Crippen molar-refractivity contribution in [2.45, 2.75) is 64.8 Å². The SMILES string of the molecule is Cc1cc(N(C)C(=O)C2CCC(Oc3cccc(CNC(=O)OCCCl)c3)CC2)ccc1CN1CCN(C(=O)O)[C@@H](C)C1. The first-order valence-corrected chi connectivity index (χ1v) is 15.5. The Morgan fingerprint density at radius 3 is 2.53 bits per heavy atom. The van der Waals surface area contributed by atoms with Gasteiger partial charge < -0.3 is 29.7 Å². The number of nitrogens with zero attached hydrogens (tertiary/aromatic N) is 3. The fourth-order valence-electron chi connectivity index (χ4n) is 5.87. The average Bonchev–Trinajstić information content (AvgIpc) is 2.99. The molecule has 0 bridgehead atoms. The van der Waals surface area contributed by atoms with Crippen molar-refractivity contribution in [2.24, 2.45) is 5.92 Å². The number of piperazine rings is 1. The fraction of sp³-hybridized carbons (Fsp3) is 0.531. The smallest absolute Gasteiger partial charge is 0.407 e. The first-order chi connectivity index (χ1) is 20.6. The Morgan fingerprint density at radius 1 is 1.09 bits per heavy atom. The molecule has 2 aromatic carbocycles. The van der Waals surface area contributed by atoms with Crippen LogP contribution in [0.3, 0.4) is 0 Å². The second-order valence-electron chi connectivity index (χ2n) is 11.5. The maximum atomic E-state index is 13.4. The van der Waals surface area contributed by atoms with Gasteiger partial charge in [-0.1, -0.05) is 18.2 Å². The molecule has 43 heavy (non-hydrogen) atoms. The Labute approximate surface area is 258 Å². The van der Waals surface area contributed by atoms with Crippen LogP contribution in [0, 0.1) is 12.8 Å². The van der Waals surface area contributed by atoms with Gasteiger partial charge in [-0.2, -0.15) is 0 Å². The van der Waals surface area contributed by atoms with E-state index in [9.17, 15) is 19.5 Å². The molecule has 3 amide bonds. The lowest BCUT2D eigenvalue weighted by Crippen LogP contribution is -2.53. The van der Waals surface area contributed by atoms with E-state index in [4.69, 9.17) is 21.1 Å². The highest BCUT2D eigenvalue weighted by molar-refractivity contribution is 6.18. The summed E-state index contributed by atoms with van der Waals surface area (Å²) in [5.74, 6) is 1.07. The van der Waals surface area contributed by atoms with Crippen molar-refractivity contribution in [2.75, 3.05) is 44.1 Å². The number of anilines is 1. The summed E-state index contributed by atoms with van der Waals surface area (Å²) in [4.78, 5) is 42.0. The number of carbonyl (C=O) groups is 3. The Bertz CT molecular complexity index is 1270. The molecule has 1 saturated carbocycles. The molecule has 2 N–H and O–H groups in total. The molecule has 4 rings (SSSR count). The Hall–Kier alpha value is -3.50. The third-order valence-corrected chi connectivity index (χ3v) is 8.52. The molecule has 1 heterocycles. The van der Waals surface area contributed by atoms with Crippen molar-refractivity contribution in [3.05, 3.63) is 59.2 Å². The zero-order valence-corrected chi connectivity index (χ0v) is 26.0. The summed E-state index contributed by atoms with van der Waals surface area (Å²) in [7, 11) is 1.84. The molecule has 1 saturated heterocycles. The van der Waals surface area contributed by atoms with Crippen LogP contribution in [0.1, 0.15) is 49.3 Å². The summed E-state index contributed by atoms with van der Waals surface area (Å²) < 4.78 is 11.2. The molecule has 2 aliphatic rings. The summed E-state index contributed by atoms with van der Waals surface area (Å²) in [6.07, 6.45) is 1.78. The van der Waals surface area contributed by atoms with Gasteiger partial charge >= 0.3 is 12.2 Å². The van der Waals surface area contributed by atoms with Crippen LogP contribution in [0.5, 0.6) is 5.75 Å². The zero-order valence-electron chi connectivity index (χ0n) is 25.3. The molecule has 234 valence electrons. The summed E-state index contributed by atoms with van der Waals surface area (Å²) >= 11 is 5.54. The van der Waals surface area contributed by atoms with Gasteiger partial charge in [-0.15, -0.1) is 11.6 Å². The molecule has 11 heteroatoms. The zero-order chi connectivity index (χ0) is 30.9. The minimum Gasteiger partial charge on any atom is -0.490 e. The standard InChI is InChI=1S/C32H43ClN4O6/c1-22-17-27(10-7-26(22)21-36-14-15-37(32(40)41)23(2)20-36)35(3)30(38)25-8-11-28(12-9-25)43-29-6-4-5-24(18-29)19-34-31(39)42-16-13-33/h4-7,10,17-18,23,25,28H,8-9,11-16,19-21H2,1-3H3,(H,34,39)(H,40,41)/t23-,25?,28?/m0/s1. The van der Waals surface area contributed by atoms with E-state index in [1.54, 1.807) is 4.90 Å². The third kappa shape index (κ3) is 9.00. The number of nitrogens with one attached hydrogen (secondary N) is 1. The molecular formula is C32H43ClN4O6. The van der Waals surface area contributed by atoms with Crippen molar-refractivity contribution in [1.82, 2.24) is 15.1 Å². The number of benzene rings is 2. The number of carboxylic acid groups (broad SMARTS) is 1. The molecule has 10 nitrogen and oxygen atoms in total. The molecular weight excluding hydrogens is 572 g/mol. The Balaban J connectivity index is 1.24. The minimum absolute atomic E-state index is 0.0351. The van der Waals surface area contributed by atoms with E-state index in [1.165, 1.54) is 10.5 Å². The van der Waals surface area contributed by atoms with Crippen molar-refractivity contribution >= 4 is 35.4 Å². The van der Waals surface area contributed by atoms with Crippen molar-refractivity contribution in [3.8, 4) is 5.75 Å². The van der Waals surface area contributed by atoms with Gasteiger partial charge in [0.2, 0.25) is 5.91 Å². The molecule has 2 fully saturated rings. The lowest BCUT2D eigenvalue weighted by molar-refractivity contribution is -0.123. The Morgan fingerprint density at radius 2 is 1.86 bits per heavy atom. The summed E-state index contributed by atoms with van der Waals surface area (Å²) in [5, 5.41) is 12.0. The van der Waals surface area contributed by atoms with E-state index in [0.29, 0.717) is 26.2 Å². The monoisotopic (exact) mass is 614 g/mol. The lowest BCUT2D eigenvalue weighted by Gasteiger charge is -2.38. The maximum absolute atomic E-state index is 13.4. The molecule has 0 aromatic heterocycles. The van der Waals surface area contributed by atoms with Gasteiger partial charge in [0.05, 0.1) is 12.0 Å². The van der Waals surface area contributed by atoms with Crippen LogP contribution in [0.4, 0.5) is 15.3 Å². The number of alkyl halides is 1. The number of rotatable bonds is 10. The normalized spacial score (nSPS) is 20.7. The molecule has 2 aromatic rings. The minimum atomic E-state index is -0.861. The highest BCUT2D eigenvalue weighted by Gasteiger charge is 2.30. The maximum Gasteiger partial charge on any atom is 0.407 e. The van der Waals surface area contributed by atoms with E-state index < -0.39 is 12.2 Å². The van der Waals surface area contributed by atoms with Gasteiger partial charge in [-0.3, -0.25) is 9.69 Å². The first kappa shape index (κ1) is 32.4. The predicted octanol–water partition coefficient (Wildman–Crippen LogP) is 5.24. The molecule has 1 atom stereocenters. The molecule has 1 aliphatic carbocycles. The van der Waals surface area contributed by atoms with Crippen LogP contribution < -0.4 is 15.0 Å². The van der Waals surface area contributed by atoms with Crippen LogP contribution >= 0.6 is 11.6 Å². The van der Waals surface area contributed by atoms with Crippen LogP contribution in [0.15, 0.2) is 42.5 Å². The fourth-order valence-corrected chi connectivity index (χ4v) is 5.95. The number of hydrogen-bond acceptors (Lipinski definition) is 6. The Kier molecular flexibility index (Phi) is 11.5. The number of carbonyl (C=O) groups excluding carboxylic acids is 2. The van der Waals surface area contributed by atoms with Gasteiger partial charge in [0.15, 0.2) is 0 Å². The number of aryl methyl sites for hydroxylation is 1. The first-order valence-electron chi connectivity index (χ1n) is 15.0. The molecule has 0 spiro atoms. The van der Waals surface area contributed by atoms with E-state index in [2.05, 4.69) is 29.3 Å². The van der Waals surface area contributed by atoms with Crippen molar-refractivity contribution in [3.63, 3.8) is 0 Å².